The summed E-state index contributed by atoms with van der Waals surface area (Å²) in [7, 11) is 0. The standard InChI is InChI=1S/C10H20N2O2/c1-5(2)9(13)7(11)8(12)10(14)6(3)4/h5-8H,11-12H2,1-4H3. The molecule has 0 amide bonds. The Morgan fingerprint density at radius 2 is 1.00 bits per heavy atom. The highest BCUT2D eigenvalue weighted by Gasteiger charge is 2.29. The number of nitrogens with two attached hydrogens (primary N) is 2. The molecule has 2 atom stereocenters. The second-order valence-corrected chi connectivity index (χ2v) is 4.17. The van der Waals surface area contributed by atoms with Crippen molar-refractivity contribution >= 4 is 11.6 Å². The molecular formula is C10H20N2O2. The van der Waals surface area contributed by atoms with Gasteiger partial charge in [-0.15, -0.1) is 0 Å². The smallest absolute Gasteiger partial charge is 0.154 e. The molecule has 0 radical (unpaired) electrons. The first-order valence-corrected chi connectivity index (χ1v) is 4.87. The van der Waals surface area contributed by atoms with E-state index in [1.807, 2.05) is 0 Å². The van der Waals surface area contributed by atoms with Gasteiger partial charge in [0.05, 0.1) is 12.1 Å². The van der Waals surface area contributed by atoms with Crippen LogP contribution < -0.4 is 11.5 Å². The van der Waals surface area contributed by atoms with Crippen LogP contribution in [0.25, 0.3) is 0 Å². The molecule has 0 aromatic carbocycles. The third-order valence-electron chi connectivity index (χ3n) is 2.18. The van der Waals surface area contributed by atoms with Crippen molar-refractivity contribution in [1.82, 2.24) is 0 Å². The summed E-state index contributed by atoms with van der Waals surface area (Å²) in [5.74, 6) is -0.690. The summed E-state index contributed by atoms with van der Waals surface area (Å²) in [6.07, 6.45) is 0. The van der Waals surface area contributed by atoms with Crippen molar-refractivity contribution in [3.8, 4) is 0 Å². The average Bonchev–Trinajstić information content (AvgIpc) is 2.12. The minimum Gasteiger partial charge on any atom is -0.320 e. The fourth-order valence-corrected chi connectivity index (χ4v) is 1.12. The largest absolute Gasteiger partial charge is 0.320 e. The van der Waals surface area contributed by atoms with Crippen LogP contribution in [0.3, 0.4) is 0 Å². The number of hydrogen-bond acceptors (Lipinski definition) is 4. The summed E-state index contributed by atoms with van der Waals surface area (Å²) in [6.45, 7) is 6.98. The summed E-state index contributed by atoms with van der Waals surface area (Å²) >= 11 is 0. The number of hydrogen-bond donors (Lipinski definition) is 2. The van der Waals surface area contributed by atoms with E-state index < -0.39 is 12.1 Å². The van der Waals surface area contributed by atoms with Gasteiger partial charge < -0.3 is 11.5 Å². The van der Waals surface area contributed by atoms with Gasteiger partial charge in [-0.2, -0.15) is 0 Å². The van der Waals surface area contributed by atoms with Gasteiger partial charge in [-0.25, -0.2) is 0 Å². The van der Waals surface area contributed by atoms with Gasteiger partial charge in [0.25, 0.3) is 0 Å². The monoisotopic (exact) mass is 200 g/mol. The summed E-state index contributed by atoms with van der Waals surface area (Å²) < 4.78 is 0. The summed E-state index contributed by atoms with van der Waals surface area (Å²) in [4.78, 5) is 22.9. The molecule has 0 rings (SSSR count). The molecule has 0 aromatic heterocycles. The van der Waals surface area contributed by atoms with E-state index in [0.29, 0.717) is 0 Å². The Morgan fingerprint density at radius 1 is 0.786 bits per heavy atom. The fourth-order valence-electron chi connectivity index (χ4n) is 1.12. The zero-order valence-corrected chi connectivity index (χ0v) is 9.28. The Kier molecular flexibility index (Phi) is 4.94. The second kappa shape index (κ2) is 5.22. The van der Waals surface area contributed by atoms with Crippen LogP contribution in [0.2, 0.25) is 0 Å². The Balaban J connectivity index is 4.46. The van der Waals surface area contributed by atoms with E-state index in [0.717, 1.165) is 0 Å². The van der Waals surface area contributed by atoms with Crippen molar-refractivity contribution in [3.63, 3.8) is 0 Å². The summed E-state index contributed by atoms with van der Waals surface area (Å²) in [5, 5.41) is 0. The molecule has 0 aliphatic carbocycles. The van der Waals surface area contributed by atoms with Crippen LogP contribution in [0.15, 0.2) is 0 Å². The SMILES string of the molecule is CC(C)C(=O)C(N)C(N)C(=O)C(C)C. The van der Waals surface area contributed by atoms with Gasteiger partial charge in [-0.05, 0) is 0 Å². The molecule has 0 aliphatic heterocycles. The first kappa shape index (κ1) is 13.3. The molecular weight excluding hydrogens is 180 g/mol. The van der Waals surface area contributed by atoms with Crippen molar-refractivity contribution in [2.24, 2.45) is 23.3 Å². The first-order valence-electron chi connectivity index (χ1n) is 4.87. The Morgan fingerprint density at radius 3 is 1.14 bits per heavy atom. The minimum absolute atomic E-state index is 0.161. The van der Waals surface area contributed by atoms with Crippen molar-refractivity contribution in [2.45, 2.75) is 39.8 Å². The van der Waals surface area contributed by atoms with Crippen molar-refractivity contribution in [2.75, 3.05) is 0 Å². The molecule has 4 N–H and O–H groups in total. The predicted molar refractivity (Wildman–Crippen MR) is 55.6 cm³/mol. The van der Waals surface area contributed by atoms with Crippen LogP contribution in [-0.2, 0) is 9.59 Å². The number of carbonyl (C=O) groups excluding carboxylic acids is 2. The first-order chi connectivity index (χ1) is 6.29. The number of Topliss-reactive ketones (excluding diaryl/α,β-unsaturated/α-hetero) is 2. The molecule has 2 unspecified atom stereocenters. The lowest BCUT2D eigenvalue weighted by atomic mass is 9.91. The molecule has 4 nitrogen and oxygen atoms in total. The van der Waals surface area contributed by atoms with Crippen molar-refractivity contribution in [1.29, 1.82) is 0 Å². The maximum absolute atomic E-state index is 11.5. The molecule has 0 aliphatic rings. The molecule has 0 saturated heterocycles. The third kappa shape index (κ3) is 3.20. The Labute approximate surface area is 85.0 Å². The fraction of sp³-hybridized carbons (Fsp3) is 0.800. The van der Waals surface area contributed by atoms with E-state index in [1.165, 1.54) is 0 Å². The van der Waals surface area contributed by atoms with E-state index >= 15 is 0 Å². The molecule has 14 heavy (non-hydrogen) atoms. The van der Waals surface area contributed by atoms with Gasteiger partial charge in [0.15, 0.2) is 11.6 Å². The highest BCUT2D eigenvalue weighted by atomic mass is 16.1. The second-order valence-electron chi connectivity index (χ2n) is 4.17. The van der Waals surface area contributed by atoms with Crippen molar-refractivity contribution < 1.29 is 9.59 Å². The Hall–Kier alpha value is -0.740. The average molecular weight is 200 g/mol. The molecule has 0 fully saturated rings. The van der Waals surface area contributed by atoms with Gasteiger partial charge >= 0.3 is 0 Å². The molecule has 0 spiro atoms. The lowest BCUT2D eigenvalue weighted by Gasteiger charge is -2.20. The quantitative estimate of drug-likeness (QED) is 0.658. The van der Waals surface area contributed by atoms with Crippen LogP contribution in [0.1, 0.15) is 27.7 Å². The molecule has 4 heteroatoms. The number of carbonyl (C=O) groups is 2. The van der Waals surface area contributed by atoms with Crippen LogP contribution in [0, 0.1) is 11.8 Å². The molecule has 0 aromatic rings. The maximum atomic E-state index is 11.5. The van der Waals surface area contributed by atoms with E-state index in [2.05, 4.69) is 0 Å². The highest BCUT2D eigenvalue weighted by Crippen LogP contribution is 2.05. The van der Waals surface area contributed by atoms with E-state index in [9.17, 15) is 9.59 Å². The minimum atomic E-state index is -0.870. The topological polar surface area (TPSA) is 86.2 Å². The summed E-state index contributed by atoms with van der Waals surface area (Å²) in [6, 6.07) is -1.74. The normalized spacial score (nSPS) is 15.7. The van der Waals surface area contributed by atoms with Gasteiger partial charge in [0, 0.05) is 11.8 Å². The van der Waals surface area contributed by atoms with E-state index in [1.54, 1.807) is 27.7 Å². The van der Waals surface area contributed by atoms with Crippen LogP contribution in [-0.4, -0.2) is 23.7 Å². The van der Waals surface area contributed by atoms with Crippen LogP contribution in [0.4, 0.5) is 0 Å². The Bertz CT molecular complexity index is 200. The van der Waals surface area contributed by atoms with Crippen LogP contribution in [0.5, 0.6) is 0 Å². The highest BCUT2D eigenvalue weighted by molar-refractivity contribution is 5.95. The third-order valence-corrected chi connectivity index (χ3v) is 2.18. The molecule has 0 saturated carbocycles. The predicted octanol–water partition coefficient (Wildman–Crippen LogP) is 0.0912. The molecule has 0 bridgehead atoms. The molecule has 0 heterocycles. The summed E-state index contributed by atoms with van der Waals surface area (Å²) in [5.41, 5.74) is 11.2. The van der Waals surface area contributed by atoms with Gasteiger partial charge in [-0.1, -0.05) is 27.7 Å². The van der Waals surface area contributed by atoms with Gasteiger partial charge in [-0.3, -0.25) is 9.59 Å². The lowest BCUT2D eigenvalue weighted by molar-refractivity contribution is -0.129. The zero-order valence-electron chi connectivity index (χ0n) is 9.28. The maximum Gasteiger partial charge on any atom is 0.154 e. The molecule has 82 valence electrons. The number of ketones is 2. The van der Waals surface area contributed by atoms with Crippen molar-refractivity contribution in [3.05, 3.63) is 0 Å². The van der Waals surface area contributed by atoms with Gasteiger partial charge in [0.1, 0.15) is 0 Å². The van der Waals surface area contributed by atoms with Crippen LogP contribution >= 0.6 is 0 Å². The zero-order chi connectivity index (χ0) is 11.5. The number of rotatable bonds is 5. The lowest BCUT2D eigenvalue weighted by Crippen LogP contribution is -2.53. The van der Waals surface area contributed by atoms with E-state index in [4.69, 9.17) is 11.5 Å². The van der Waals surface area contributed by atoms with E-state index in [-0.39, 0.29) is 23.4 Å². The van der Waals surface area contributed by atoms with Gasteiger partial charge in [0.2, 0.25) is 0 Å².